The maximum atomic E-state index is 12.0. The average molecular weight is 367 g/mol. The largest absolute Gasteiger partial charge is 0.353 e. The van der Waals surface area contributed by atoms with Crippen molar-refractivity contribution in [3.05, 3.63) is 22.7 Å². The molecule has 1 amide bonds. The number of amides is 1. The van der Waals surface area contributed by atoms with Gasteiger partial charge in [-0.15, -0.1) is 0 Å². The lowest BCUT2D eigenvalue weighted by Crippen LogP contribution is -2.36. The molecule has 6 heteroatoms. The number of halogens is 1. The van der Waals surface area contributed by atoms with Crippen LogP contribution in [0.1, 0.15) is 44.3 Å². The van der Waals surface area contributed by atoms with Gasteiger partial charge in [-0.3, -0.25) is 4.79 Å². The lowest BCUT2D eigenvalue weighted by Gasteiger charge is -2.28. The van der Waals surface area contributed by atoms with Crippen LogP contribution in [0.4, 0.5) is 0 Å². The lowest BCUT2D eigenvalue weighted by atomic mass is 9.81. The summed E-state index contributed by atoms with van der Waals surface area (Å²) in [6.45, 7) is 1.69. The van der Waals surface area contributed by atoms with Gasteiger partial charge in [-0.1, -0.05) is 0 Å². The Balaban J connectivity index is 1.33. The van der Waals surface area contributed by atoms with Crippen LogP contribution in [0.3, 0.4) is 0 Å². The Hall–Kier alpha value is -1.01. The molecular formula is C16H23BrN4O. The normalized spacial score (nSPS) is 25.0. The summed E-state index contributed by atoms with van der Waals surface area (Å²) in [4.78, 5) is 20.5. The van der Waals surface area contributed by atoms with Crippen molar-refractivity contribution in [2.24, 2.45) is 11.8 Å². The standard InChI is InChI=1S/C16H23BrN4O/c17-13-8-19-15(20-9-13)10-18-7-11-1-3-12(4-2-11)16(22)21-14-5-6-14/h8-9,11-12,14,18H,1-7,10H2,(H,21,22)/t11-,12-. The highest BCUT2D eigenvalue weighted by Gasteiger charge is 2.30. The zero-order valence-electron chi connectivity index (χ0n) is 12.7. The highest BCUT2D eigenvalue weighted by Crippen LogP contribution is 2.29. The fraction of sp³-hybridized carbons (Fsp3) is 0.688. The number of carbonyl (C=O) groups excluding carboxylic acids is 1. The molecular weight excluding hydrogens is 344 g/mol. The second-order valence-corrected chi connectivity index (χ2v) is 7.36. The number of hydrogen-bond acceptors (Lipinski definition) is 4. The summed E-state index contributed by atoms with van der Waals surface area (Å²) in [6.07, 6.45) is 10.2. The summed E-state index contributed by atoms with van der Waals surface area (Å²) in [5, 5.41) is 6.57. The Morgan fingerprint density at radius 1 is 1.14 bits per heavy atom. The lowest BCUT2D eigenvalue weighted by molar-refractivity contribution is -0.126. The predicted octanol–water partition coefficient (Wildman–Crippen LogP) is 2.41. The van der Waals surface area contributed by atoms with E-state index >= 15 is 0 Å². The molecule has 22 heavy (non-hydrogen) atoms. The van der Waals surface area contributed by atoms with Crippen molar-refractivity contribution in [3.63, 3.8) is 0 Å². The van der Waals surface area contributed by atoms with Crippen LogP contribution in [0.2, 0.25) is 0 Å². The van der Waals surface area contributed by atoms with E-state index in [0.717, 1.165) is 42.5 Å². The van der Waals surface area contributed by atoms with Crippen molar-refractivity contribution < 1.29 is 4.79 Å². The van der Waals surface area contributed by atoms with E-state index < -0.39 is 0 Å². The molecule has 2 saturated carbocycles. The minimum atomic E-state index is 0.242. The van der Waals surface area contributed by atoms with Crippen molar-refractivity contribution >= 4 is 21.8 Å². The van der Waals surface area contributed by atoms with Crippen LogP contribution in [-0.2, 0) is 11.3 Å². The van der Waals surface area contributed by atoms with Gasteiger partial charge in [0.25, 0.3) is 0 Å². The second kappa shape index (κ2) is 7.51. The third-order valence-electron chi connectivity index (χ3n) is 4.53. The number of nitrogens with one attached hydrogen (secondary N) is 2. The zero-order valence-corrected chi connectivity index (χ0v) is 14.3. The highest BCUT2D eigenvalue weighted by atomic mass is 79.9. The second-order valence-electron chi connectivity index (χ2n) is 6.45. The predicted molar refractivity (Wildman–Crippen MR) is 88.1 cm³/mol. The van der Waals surface area contributed by atoms with E-state index in [1.165, 1.54) is 12.8 Å². The molecule has 2 aliphatic rings. The van der Waals surface area contributed by atoms with Gasteiger partial charge in [0.05, 0.1) is 11.0 Å². The molecule has 0 saturated heterocycles. The molecule has 0 aliphatic heterocycles. The highest BCUT2D eigenvalue weighted by molar-refractivity contribution is 9.10. The third-order valence-corrected chi connectivity index (χ3v) is 4.94. The van der Waals surface area contributed by atoms with Gasteiger partial charge in [-0.05, 0) is 66.9 Å². The summed E-state index contributed by atoms with van der Waals surface area (Å²) in [5.74, 6) is 2.02. The number of aromatic nitrogens is 2. The Labute approximate surface area is 139 Å². The van der Waals surface area contributed by atoms with Crippen molar-refractivity contribution in [1.82, 2.24) is 20.6 Å². The monoisotopic (exact) mass is 366 g/mol. The van der Waals surface area contributed by atoms with Gasteiger partial charge >= 0.3 is 0 Å². The fourth-order valence-corrected chi connectivity index (χ4v) is 3.20. The first kappa shape index (κ1) is 15.9. The van der Waals surface area contributed by atoms with E-state index in [2.05, 4.69) is 36.5 Å². The van der Waals surface area contributed by atoms with Crippen molar-refractivity contribution in [2.45, 2.75) is 51.1 Å². The van der Waals surface area contributed by atoms with E-state index in [9.17, 15) is 4.79 Å². The number of hydrogen-bond donors (Lipinski definition) is 2. The first-order valence-corrected chi connectivity index (χ1v) is 8.97. The molecule has 5 nitrogen and oxygen atoms in total. The van der Waals surface area contributed by atoms with Gasteiger partial charge in [0.2, 0.25) is 5.91 Å². The van der Waals surface area contributed by atoms with E-state index in [1.54, 1.807) is 12.4 Å². The minimum absolute atomic E-state index is 0.242. The maximum Gasteiger partial charge on any atom is 0.223 e. The maximum absolute atomic E-state index is 12.0. The van der Waals surface area contributed by atoms with Crippen molar-refractivity contribution in [1.29, 1.82) is 0 Å². The van der Waals surface area contributed by atoms with Gasteiger partial charge in [-0.2, -0.15) is 0 Å². The fourth-order valence-electron chi connectivity index (χ4n) is 2.99. The first-order chi connectivity index (χ1) is 10.7. The molecule has 0 radical (unpaired) electrons. The number of carbonyl (C=O) groups is 1. The molecule has 0 bridgehead atoms. The smallest absolute Gasteiger partial charge is 0.223 e. The molecule has 1 heterocycles. The molecule has 0 aromatic carbocycles. The van der Waals surface area contributed by atoms with E-state index in [1.807, 2.05) is 0 Å². The first-order valence-electron chi connectivity index (χ1n) is 8.18. The molecule has 2 aliphatic carbocycles. The molecule has 3 rings (SSSR count). The molecule has 2 N–H and O–H groups in total. The SMILES string of the molecule is O=C(NC1CC1)[C@H]1CC[C@H](CNCc2ncc(Br)cn2)CC1. The molecule has 1 aromatic rings. The van der Waals surface area contributed by atoms with Crippen LogP contribution >= 0.6 is 15.9 Å². The summed E-state index contributed by atoms with van der Waals surface area (Å²) >= 11 is 3.33. The quantitative estimate of drug-likeness (QED) is 0.811. The summed E-state index contributed by atoms with van der Waals surface area (Å²) in [6, 6.07) is 0.484. The van der Waals surface area contributed by atoms with Crippen LogP contribution in [-0.4, -0.2) is 28.5 Å². The van der Waals surface area contributed by atoms with E-state index in [-0.39, 0.29) is 11.8 Å². The Morgan fingerprint density at radius 2 is 1.82 bits per heavy atom. The Kier molecular flexibility index (Phi) is 5.41. The van der Waals surface area contributed by atoms with Gasteiger partial charge in [0.1, 0.15) is 5.82 Å². The van der Waals surface area contributed by atoms with Crippen molar-refractivity contribution in [3.8, 4) is 0 Å². The number of nitrogens with zero attached hydrogens (tertiary/aromatic N) is 2. The molecule has 120 valence electrons. The number of rotatable bonds is 6. The summed E-state index contributed by atoms with van der Waals surface area (Å²) in [5.41, 5.74) is 0. The molecule has 0 unspecified atom stereocenters. The third kappa shape index (κ3) is 4.74. The minimum Gasteiger partial charge on any atom is -0.353 e. The van der Waals surface area contributed by atoms with Crippen LogP contribution in [0.5, 0.6) is 0 Å². The van der Waals surface area contributed by atoms with E-state index in [4.69, 9.17) is 0 Å². The topological polar surface area (TPSA) is 66.9 Å². The van der Waals surface area contributed by atoms with Crippen molar-refractivity contribution in [2.75, 3.05) is 6.54 Å². The van der Waals surface area contributed by atoms with Crippen LogP contribution in [0.25, 0.3) is 0 Å². The van der Waals surface area contributed by atoms with E-state index in [0.29, 0.717) is 18.5 Å². The van der Waals surface area contributed by atoms with Gasteiger partial charge < -0.3 is 10.6 Å². The average Bonchev–Trinajstić information content (AvgIpc) is 3.34. The van der Waals surface area contributed by atoms with Gasteiger partial charge in [-0.25, -0.2) is 9.97 Å². The van der Waals surface area contributed by atoms with Gasteiger partial charge in [0.15, 0.2) is 0 Å². The summed E-state index contributed by atoms with van der Waals surface area (Å²) < 4.78 is 0.902. The summed E-state index contributed by atoms with van der Waals surface area (Å²) in [7, 11) is 0. The molecule has 1 aromatic heterocycles. The Morgan fingerprint density at radius 3 is 2.45 bits per heavy atom. The Bertz CT molecular complexity index is 495. The van der Waals surface area contributed by atoms with Crippen LogP contribution in [0, 0.1) is 11.8 Å². The molecule has 0 atom stereocenters. The van der Waals surface area contributed by atoms with Gasteiger partial charge in [0, 0.05) is 24.4 Å². The zero-order chi connectivity index (χ0) is 15.4. The van der Waals surface area contributed by atoms with Crippen LogP contribution < -0.4 is 10.6 Å². The van der Waals surface area contributed by atoms with Crippen LogP contribution in [0.15, 0.2) is 16.9 Å². The molecule has 2 fully saturated rings. The molecule has 0 spiro atoms.